The first-order valence-corrected chi connectivity index (χ1v) is 5.59. The van der Waals surface area contributed by atoms with Gasteiger partial charge in [-0.05, 0) is 40.8 Å². The summed E-state index contributed by atoms with van der Waals surface area (Å²) in [5.41, 5.74) is 7.42. The summed E-state index contributed by atoms with van der Waals surface area (Å²) < 4.78 is 1.09. The van der Waals surface area contributed by atoms with E-state index in [4.69, 9.17) is 5.73 Å². The van der Waals surface area contributed by atoms with E-state index in [2.05, 4.69) is 27.9 Å². The Kier molecular flexibility index (Phi) is 4.19. The van der Waals surface area contributed by atoms with Crippen LogP contribution in [0.15, 0.2) is 18.2 Å². The van der Waals surface area contributed by atoms with Gasteiger partial charge in [-0.2, -0.15) is 0 Å². The number of amides is 1. The molecule has 0 saturated heterocycles. The zero-order valence-corrected chi connectivity index (χ0v) is 10.9. The maximum absolute atomic E-state index is 11.2. The van der Waals surface area contributed by atoms with Crippen LogP contribution in [0.2, 0.25) is 0 Å². The Morgan fingerprint density at radius 2 is 2.27 bits per heavy atom. The van der Waals surface area contributed by atoms with Crippen LogP contribution >= 0.6 is 22.6 Å². The summed E-state index contributed by atoms with van der Waals surface area (Å²) in [5.74, 6) is -0.0320. The van der Waals surface area contributed by atoms with Crippen LogP contribution in [0.4, 0.5) is 11.4 Å². The first-order valence-electron chi connectivity index (χ1n) is 4.51. The zero-order valence-electron chi connectivity index (χ0n) is 8.75. The van der Waals surface area contributed by atoms with Gasteiger partial charge in [-0.3, -0.25) is 4.79 Å². The minimum absolute atomic E-state index is 0.0320. The average molecular weight is 319 g/mol. The molecule has 5 heteroatoms. The van der Waals surface area contributed by atoms with Crippen molar-refractivity contribution in [2.45, 2.75) is 0 Å². The third kappa shape index (κ3) is 3.26. The van der Waals surface area contributed by atoms with Crippen LogP contribution in [-0.4, -0.2) is 26.5 Å². The van der Waals surface area contributed by atoms with Gasteiger partial charge in [0.25, 0.3) is 0 Å². The van der Waals surface area contributed by atoms with Crippen LogP contribution in [0.3, 0.4) is 0 Å². The highest BCUT2D eigenvalue weighted by atomic mass is 127. The number of benzene rings is 1. The molecule has 0 heterocycles. The topological polar surface area (TPSA) is 58.4 Å². The molecule has 0 bridgehead atoms. The highest BCUT2D eigenvalue weighted by molar-refractivity contribution is 14.1. The van der Waals surface area contributed by atoms with Gasteiger partial charge in [0, 0.05) is 17.7 Å². The van der Waals surface area contributed by atoms with Crippen LogP contribution in [-0.2, 0) is 4.79 Å². The molecule has 1 aromatic carbocycles. The van der Waals surface area contributed by atoms with Crippen molar-refractivity contribution in [3.05, 3.63) is 21.8 Å². The van der Waals surface area contributed by atoms with E-state index in [9.17, 15) is 4.79 Å². The summed E-state index contributed by atoms with van der Waals surface area (Å²) >= 11 is 2.20. The molecule has 0 aliphatic rings. The predicted octanol–water partition coefficient (Wildman–Crippen LogP) is 1.06. The van der Waals surface area contributed by atoms with Crippen molar-refractivity contribution in [1.82, 2.24) is 5.32 Å². The van der Waals surface area contributed by atoms with Crippen LogP contribution < -0.4 is 16.0 Å². The molecule has 1 rings (SSSR count). The van der Waals surface area contributed by atoms with Gasteiger partial charge in [0.15, 0.2) is 0 Å². The Bertz CT molecular complexity index is 368. The normalized spacial score (nSPS) is 9.80. The monoisotopic (exact) mass is 319 g/mol. The molecular formula is C10H14IN3O. The average Bonchev–Trinajstić information content (AvgIpc) is 2.17. The summed E-state index contributed by atoms with van der Waals surface area (Å²) in [4.78, 5) is 13.0. The highest BCUT2D eigenvalue weighted by Crippen LogP contribution is 2.23. The van der Waals surface area contributed by atoms with Gasteiger partial charge in [0.05, 0.1) is 17.9 Å². The number of hydrogen-bond donors (Lipinski definition) is 2. The molecule has 0 unspecified atom stereocenters. The Morgan fingerprint density at radius 1 is 1.60 bits per heavy atom. The number of hydrogen-bond acceptors (Lipinski definition) is 3. The lowest BCUT2D eigenvalue weighted by Gasteiger charge is -2.20. The summed E-state index contributed by atoms with van der Waals surface area (Å²) in [6.45, 7) is 0.307. The van der Waals surface area contributed by atoms with E-state index >= 15 is 0 Å². The van der Waals surface area contributed by atoms with Crippen LogP contribution in [0.1, 0.15) is 0 Å². The Hall–Kier alpha value is -0.980. The summed E-state index contributed by atoms with van der Waals surface area (Å²) in [5, 5.41) is 2.57. The predicted molar refractivity (Wildman–Crippen MR) is 70.9 cm³/mol. The van der Waals surface area contributed by atoms with Gasteiger partial charge in [0.1, 0.15) is 0 Å². The number of likely N-dealkylation sites (N-methyl/N-ethyl adjacent to an activating group) is 2. The third-order valence-electron chi connectivity index (χ3n) is 2.06. The fourth-order valence-electron chi connectivity index (χ4n) is 1.25. The molecule has 4 nitrogen and oxygen atoms in total. The molecule has 0 saturated carbocycles. The quantitative estimate of drug-likeness (QED) is 0.647. The number of nitrogens with zero attached hydrogens (tertiary/aromatic N) is 1. The SMILES string of the molecule is CNC(=O)CN(C)c1ccc(I)cc1N. The number of nitrogens with two attached hydrogens (primary N) is 1. The molecule has 0 atom stereocenters. The maximum Gasteiger partial charge on any atom is 0.239 e. The summed E-state index contributed by atoms with van der Waals surface area (Å²) in [6.07, 6.45) is 0. The highest BCUT2D eigenvalue weighted by Gasteiger charge is 2.08. The second-order valence-electron chi connectivity index (χ2n) is 3.23. The number of nitrogen functional groups attached to an aromatic ring is 1. The number of anilines is 2. The van der Waals surface area contributed by atoms with E-state index < -0.39 is 0 Å². The van der Waals surface area contributed by atoms with Crippen molar-refractivity contribution in [1.29, 1.82) is 0 Å². The van der Waals surface area contributed by atoms with Crippen LogP contribution in [0.5, 0.6) is 0 Å². The molecule has 1 amide bonds. The van der Waals surface area contributed by atoms with Gasteiger partial charge in [-0.25, -0.2) is 0 Å². The molecule has 82 valence electrons. The van der Waals surface area contributed by atoms with Crippen molar-refractivity contribution >= 4 is 39.9 Å². The lowest BCUT2D eigenvalue weighted by Crippen LogP contribution is -2.33. The minimum atomic E-state index is -0.0320. The Balaban J connectivity index is 2.82. The Labute approximate surface area is 103 Å². The largest absolute Gasteiger partial charge is 0.397 e. The smallest absolute Gasteiger partial charge is 0.239 e. The standard InChI is InChI=1S/C10H14IN3O/c1-13-10(15)6-14(2)9-4-3-7(11)5-8(9)12/h3-5H,6,12H2,1-2H3,(H,13,15). The van der Waals surface area contributed by atoms with Crippen molar-refractivity contribution in [3.63, 3.8) is 0 Å². The summed E-state index contributed by atoms with van der Waals surface area (Å²) in [6, 6.07) is 5.77. The number of rotatable bonds is 3. The van der Waals surface area contributed by atoms with Crippen molar-refractivity contribution in [2.75, 3.05) is 31.3 Å². The lowest BCUT2D eigenvalue weighted by molar-refractivity contribution is -0.119. The minimum Gasteiger partial charge on any atom is -0.397 e. The van der Waals surface area contributed by atoms with E-state index in [1.54, 1.807) is 7.05 Å². The molecule has 0 aliphatic carbocycles. The molecular weight excluding hydrogens is 305 g/mol. The van der Waals surface area contributed by atoms with Crippen molar-refractivity contribution < 1.29 is 4.79 Å². The van der Waals surface area contributed by atoms with E-state index in [1.165, 1.54) is 0 Å². The van der Waals surface area contributed by atoms with Gasteiger partial charge in [0.2, 0.25) is 5.91 Å². The van der Waals surface area contributed by atoms with Gasteiger partial charge in [-0.15, -0.1) is 0 Å². The van der Waals surface area contributed by atoms with Crippen LogP contribution in [0.25, 0.3) is 0 Å². The van der Waals surface area contributed by atoms with E-state index in [-0.39, 0.29) is 5.91 Å². The first-order chi connectivity index (χ1) is 7.04. The molecule has 0 aromatic heterocycles. The molecule has 0 spiro atoms. The van der Waals surface area contributed by atoms with Gasteiger partial charge < -0.3 is 16.0 Å². The van der Waals surface area contributed by atoms with E-state index in [1.807, 2.05) is 30.1 Å². The fourth-order valence-corrected chi connectivity index (χ4v) is 1.77. The number of halogens is 1. The maximum atomic E-state index is 11.2. The van der Waals surface area contributed by atoms with E-state index in [0.717, 1.165) is 9.26 Å². The van der Waals surface area contributed by atoms with Crippen molar-refractivity contribution in [2.24, 2.45) is 0 Å². The summed E-state index contributed by atoms with van der Waals surface area (Å²) in [7, 11) is 3.46. The van der Waals surface area contributed by atoms with Crippen molar-refractivity contribution in [3.8, 4) is 0 Å². The third-order valence-corrected chi connectivity index (χ3v) is 2.73. The van der Waals surface area contributed by atoms with E-state index in [0.29, 0.717) is 12.2 Å². The first kappa shape index (κ1) is 12.1. The fraction of sp³-hybridized carbons (Fsp3) is 0.300. The van der Waals surface area contributed by atoms with Crippen LogP contribution in [0, 0.1) is 3.57 Å². The van der Waals surface area contributed by atoms with Gasteiger partial charge in [-0.1, -0.05) is 0 Å². The Morgan fingerprint density at radius 3 is 2.80 bits per heavy atom. The zero-order chi connectivity index (χ0) is 11.4. The molecule has 0 fully saturated rings. The number of carbonyl (C=O) groups is 1. The lowest BCUT2D eigenvalue weighted by atomic mass is 10.2. The second-order valence-corrected chi connectivity index (χ2v) is 4.48. The molecule has 15 heavy (non-hydrogen) atoms. The number of nitrogens with one attached hydrogen (secondary N) is 1. The molecule has 0 aliphatic heterocycles. The second kappa shape index (κ2) is 5.20. The molecule has 3 N–H and O–H groups in total. The van der Waals surface area contributed by atoms with Gasteiger partial charge >= 0.3 is 0 Å². The number of carbonyl (C=O) groups excluding carboxylic acids is 1. The molecule has 0 radical (unpaired) electrons. The molecule has 1 aromatic rings.